The average molecular weight is 502 g/mol. The summed E-state index contributed by atoms with van der Waals surface area (Å²) in [7, 11) is 0. The maximum atomic E-state index is 2.34. The largest absolute Gasteiger partial charge is 0.310 e. The molecule has 0 N–H and O–H groups in total. The predicted octanol–water partition coefficient (Wildman–Crippen LogP) is 10.3. The van der Waals surface area contributed by atoms with Crippen LogP contribution in [-0.4, -0.2) is 0 Å². The summed E-state index contributed by atoms with van der Waals surface area (Å²) in [5, 5.41) is 2.86. The first-order valence-corrected chi connectivity index (χ1v) is 13.8. The van der Waals surface area contributed by atoms with Crippen molar-refractivity contribution in [2.75, 3.05) is 4.90 Å². The van der Waals surface area contributed by atoms with Crippen molar-refractivity contribution >= 4 is 46.1 Å². The van der Waals surface area contributed by atoms with Gasteiger partial charge in [0.25, 0.3) is 0 Å². The number of hydrogen-bond acceptors (Lipinski definition) is 1. The highest BCUT2D eigenvalue weighted by atomic mass is 15.1. The van der Waals surface area contributed by atoms with Crippen molar-refractivity contribution in [1.29, 1.82) is 0 Å². The van der Waals surface area contributed by atoms with Crippen LogP contribution in [-0.2, 0) is 6.42 Å². The number of benzene rings is 5. The van der Waals surface area contributed by atoms with Gasteiger partial charge in [0.1, 0.15) is 0 Å². The molecule has 1 unspecified atom stereocenters. The highest BCUT2D eigenvalue weighted by molar-refractivity contribution is 6.03. The molecule has 0 saturated carbocycles. The van der Waals surface area contributed by atoms with Crippen LogP contribution in [0.15, 0.2) is 115 Å². The minimum atomic E-state index is 0.267. The van der Waals surface area contributed by atoms with E-state index in [2.05, 4.69) is 152 Å². The highest BCUT2D eigenvalue weighted by Gasteiger charge is 2.20. The van der Waals surface area contributed by atoms with Crippen LogP contribution < -0.4 is 4.90 Å². The maximum Gasteiger partial charge on any atom is 0.0464 e. The minimum absolute atomic E-state index is 0.267. The van der Waals surface area contributed by atoms with Crippen LogP contribution in [0.5, 0.6) is 0 Å². The van der Waals surface area contributed by atoms with Gasteiger partial charge in [-0.15, -0.1) is 0 Å². The van der Waals surface area contributed by atoms with Gasteiger partial charge in [0.15, 0.2) is 0 Å². The van der Waals surface area contributed by atoms with E-state index in [1.165, 1.54) is 61.1 Å². The fourth-order valence-corrected chi connectivity index (χ4v) is 6.10. The summed E-state index contributed by atoms with van der Waals surface area (Å²) in [6.45, 7) is 4.30. The van der Waals surface area contributed by atoms with Crippen LogP contribution in [0.4, 0.5) is 17.1 Å². The van der Waals surface area contributed by atoms with E-state index in [0.29, 0.717) is 0 Å². The lowest BCUT2D eigenvalue weighted by Crippen LogP contribution is -2.10. The Kier molecular flexibility index (Phi) is 5.78. The number of anilines is 3. The Morgan fingerprint density at radius 2 is 1.36 bits per heavy atom. The minimum Gasteiger partial charge on any atom is -0.310 e. The summed E-state index contributed by atoms with van der Waals surface area (Å²) in [6.07, 6.45) is 14.8. The van der Waals surface area contributed by atoms with E-state index >= 15 is 0 Å². The third-order valence-electron chi connectivity index (χ3n) is 7.99. The Morgan fingerprint density at radius 1 is 0.667 bits per heavy atom. The van der Waals surface area contributed by atoms with Gasteiger partial charge in [-0.05, 0) is 106 Å². The number of allylic oxidation sites excluding steroid dienone is 3. The van der Waals surface area contributed by atoms with E-state index in [1.54, 1.807) is 0 Å². The molecule has 0 spiro atoms. The molecule has 1 nitrogen and oxygen atoms in total. The van der Waals surface area contributed by atoms with Gasteiger partial charge in [-0.25, -0.2) is 0 Å². The first kappa shape index (κ1) is 23.5. The highest BCUT2D eigenvalue weighted by Crippen LogP contribution is 2.41. The van der Waals surface area contributed by atoms with E-state index in [9.17, 15) is 0 Å². The smallest absolute Gasteiger partial charge is 0.0464 e. The number of hydrogen-bond donors (Lipinski definition) is 0. The van der Waals surface area contributed by atoms with Gasteiger partial charge >= 0.3 is 0 Å². The van der Waals surface area contributed by atoms with Gasteiger partial charge < -0.3 is 4.90 Å². The molecule has 5 aromatic carbocycles. The van der Waals surface area contributed by atoms with Crippen LogP contribution in [0.25, 0.3) is 29.0 Å². The molecule has 0 fully saturated rings. The van der Waals surface area contributed by atoms with Crippen molar-refractivity contribution in [1.82, 2.24) is 0 Å². The van der Waals surface area contributed by atoms with E-state index in [1.807, 2.05) is 0 Å². The van der Waals surface area contributed by atoms with Crippen molar-refractivity contribution in [3.8, 4) is 0 Å². The molecule has 39 heavy (non-hydrogen) atoms. The van der Waals surface area contributed by atoms with Crippen molar-refractivity contribution < 1.29 is 0 Å². The second-order valence-electron chi connectivity index (χ2n) is 10.8. The quantitative estimate of drug-likeness (QED) is 0.231. The molecule has 2 aliphatic rings. The molecule has 188 valence electrons. The van der Waals surface area contributed by atoms with Gasteiger partial charge in [-0.2, -0.15) is 0 Å². The fraction of sp³-hybridized carbons (Fsp3) is 0.105. The summed E-state index contributed by atoms with van der Waals surface area (Å²) < 4.78 is 0. The van der Waals surface area contributed by atoms with Gasteiger partial charge in [0, 0.05) is 23.0 Å². The molecule has 0 aliphatic heterocycles. The molecule has 0 heterocycles. The molecule has 0 aromatic heterocycles. The summed E-state index contributed by atoms with van der Waals surface area (Å²) in [5.74, 6) is 0.267. The monoisotopic (exact) mass is 501 g/mol. The molecular formula is C38H31N. The molecule has 0 radical (unpaired) electrons. The van der Waals surface area contributed by atoms with E-state index in [4.69, 9.17) is 0 Å². The lowest BCUT2D eigenvalue weighted by atomic mass is 9.81. The first-order valence-electron chi connectivity index (χ1n) is 13.8. The maximum absolute atomic E-state index is 2.34. The molecular weight excluding hydrogens is 470 g/mol. The Labute approximate surface area is 231 Å². The summed E-state index contributed by atoms with van der Waals surface area (Å²) in [4.78, 5) is 2.34. The molecule has 2 aliphatic carbocycles. The summed E-state index contributed by atoms with van der Waals surface area (Å²) in [6, 6.07) is 35.5. The predicted molar refractivity (Wildman–Crippen MR) is 168 cm³/mol. The molecule has 5 aromatic rings. The van der Waals surface area contributed by atoms with Crippen LogP contribution in [0.3, 0.4) is 0 Å². The Bertz CT molecular complexity index is 1750. The third-order valence-corrected chi connectivity index (χ3v) is 7.99. The second kappa shape index (κ2) is 9.60. The number of nitrogens with zero attached hydrogens (tertiary/aromatic N) is 1. The third kappa shape index (κ3) is 4.30. The average Bonchev–Trinajstić information content (AvgIpc) is 2.96. The van der Waals surface area contributed by atoms with E-state index in [-0.39, 0.29) is 5.92 Å². The van der Waals surface area contributed by atoms with Gasteiger partial charge in [0.2, 0.25) is 0 Å². The molecule has 1 heteroatoms. The molecule has 0 amide bonds. The SMILES string of the molecule is Cc1cccc(N(c2ccc(C=CC3C=Cc4ccc5c6c(ccc3c46)CC=C5)cc2)c2cccc(C)c2)c1. The number of rotatable bonds is 5. The van der Waals surface area contributed by atoms with Crippen molar-refractivity contribution in [3.63, 3.8) is 0 Å². The normalized spacial score (nSPS) is 15.3. The Hall–Kier alpha value is -4.62. The summed E-state index contributed by atoms with van der Waals surface area (Å²) in [5.41, 5.74) is 12.7. The molecule has 1 atom stereocenters. The molecule has 7 rings (SSSR count). The van der Waals surface area contributed by atoms with Crippen LogP contribution in [0, 0.1) is 13.8 Å². The van der Waals surface area contributed by atoms with Crippen LogP contribution in [0.1, 0.15) is 44.9 Å². The second-order valence-corrected chi connectivity index (χ2v) is 10.8. The summed E-state index contributed by atoms with van der Waals surface area (Å²) >= 11 is 0. The van der Waals surface area contributed by atoms with Crippen LogP contribution >= 0.6 is 0 Å². The van der Waals surface area contributed by atoms with E-state index < -0.39 is 0 Å². The molecule has 0 saturated heterocycles. The molecule has 0 bridgehead atoms. The van der Waals surface area contributed by atoms with Crippen LogP contribution in [0.2, 0.25) is 0 Å². The van der Waals surface area contributed by atoms with E-state index in [0.717, 1.165) is 12.1 Å². The zero-order valence-electron chi connectivity index (χ0n) is 22.4. The lowest BCUT2D eigenvalue weighted by Gasteiger charge is -2.26. The number of aryl methyl sites for hydroxylation is 2. The lowest BCUT2D eigenvalue weighted by molar-refractivity contribution is 1.10. The zero-order chi connectivity index (χ0) is 26.3. The van der Waals surface area contributed by atoms with Gasteiger partial charge in [-0.1, -0.05) is 97.1 Å². The van der Waals surface area contributed by atoms with Gasteiger partial charge in [0.05, 0.1) is 0 Å². The Morgan fingerprint density at radius 3 is 2.05 bits per heavy atom. The fourth-order valence-electron chi connectivity index (χ4n) is 6.10. The topological polar surface area (TPSA) is 3.24 Å². The van der Waals surface area contributed by atoms with Crippen molar-refractivity contribution in [3.05, 3.63) is 154 Å². The Balaban J connectivity index is 1.21. The first-order chi connectivity index (χ1) is 19.1. The van der Waals surface area contributed by atoms with Gasteiger partial charge in [-0.3, -0.25) is 0 Å². The van der Waals surface area contributed by atoms with Crippen molar-refractivity contribution in [2.45, 2.75) is 26.2 Å². The van der Waals surface area contributed by atoms with Crippen molar-refractivity contribution in [2.24, 2.45) is 0 Å². The zero-order valence-corrected chi connectivity index (χ0v) is 22.4. The standard InChI is InChI=1S/C38H31N/c1-26-6-3-10-34(24-26)39(35-11-4-7-27(2)25-35)33-21-13-28(14-22-33)12-15-29-16-17-32-19-18-30-8-5-9-31-20-23-36(29)38(32)37(30)31/h3-8,10-25,29H,9H2,1-2H3.